The SMILES string of the molecule is NC1CCC(C(=O)N[C@@H]2CCCC[C@H]2O)CC1. The predicted molar refractivity (Wildman–Crippen MR) is 66.3 cm³/mol. The Morgan fingerprint density at radius 1 is 1.06 bits per heavy atom. The number of aliphatic hydroxyl groups excluding tert-OH is 1. The summed E-state index contributed by atoms with van der Waals surface area (Å²) in [6.45, 7) is 0. The number of carbonyl (C=O) groups excluding carboxylic acids is 1. The zero-order valence-electron chi connectivity index (χ0n) is 10.4. The summed E-state index contributed by atoms with van der Waals surface area (Å²) in [4.78, 5) is 12.1. The van der Waals surface area contributed by atoms with Crippen LogP contribution in [0.1, 0.15) is 51.4 Å². The standard InChI is InChI=1S/C13H24N2O2/c14-10-7-5-9(6-8-10)13(17)15-11-3-1-2-4-12(11)16/h9-12,16H,1-8,14H2,(H,15,17)/t9?,10?,11-,12-/m1/s1. The van der Waals surface area contributed by atoms with Crippen molar-refractivity contribution in [2.75, 3.05) is 0 Å². The molecule has 2 rings (SSSR count). The Morgan fingerprint density at radius 2 is 1.71 bits per heavy atom. The van der Waals surface area contributed by atoms with Gasteiger partial charge in [0.2, 0.25) is 5.91 Å². The van der Waals surface area contributed by atoms with Gasteiger partial charge in [0.1, 0.15) is 0 Å². The number of nitrogens with one attached hydrogen (secondary N) is 1. The minimum absolute atomic E-state index is 0.0214. The average Bonchev–Trinajstić information content (AvgIpc) is 2.33. The Hall–Kier alpha value is -0.610. The summed E-state index contributed by atoms with van der Waals surface area (Å²) in [5, 5.41) is 12.8. The largest absolute Gasteiger partial charge is 0.391 e. The molecule has 0 unspecified atom stereocenters. The summed E-state index contributed by atoms with van der Waals surface area (Å²) in [5.74, 6) is 0.242. The molecule has 0 heterocycles. The fraction of sp³-hybridized carbons (Fsp3) is 0.923. The first-order valence-corrected chi connectivity index (χ1v) is 6.91. The molecule has 4 N–H and O–H groups in total. The highest BCUT2D eigenvalue weighted by atomic mass is 16.3. The van der Waals surface area contributed by atoms with Gasteiger partial charge in [-0.3, -0.25) is 4.79 Å². The van der Waals surface area contributed by atoms with Crippen molar-refractivity contribution in [1.82, 2.24) is 5.32 Å². The minimum Gasteiger partial charge on any atom is -0.391 e. The van der Waals surface area contributed by atoms with E-state index in [4.69, 9.17) is 5.73 Å². The molecule has 2 aliphatic rings. The van der Waals surface area contributed by atoms with E-state index in [2.05, 4.69) is 5.32 Å². The summed E-state index contributed by atoms with van der Waals surface area (Å²) >= 11 is 0. The molecule has 2 aliphatic carbocycles. The lowest BCUT2D eigenvalue weighted by Gasteiger charge is -2.31. The third kappa shape index (κ3) is 3.42. The number of amides is 1. The van der Waals surface area contributed by atoms with Crippen molar-refractivity contribution in [3.05, 3.63) is 0 Å². The summed E-state index contributed by atoms with van der Waals surface area (Å²) < 4.78 is 0. The molecule has 0 radical (unpaired) electrons. The van der Waals surface area contributed by atoms with Crippen molar-refractivity contribution in [2.45, 2.75) is 69.6 Å². The Morgan fingerprint density at radius 3 is 2.35 bits per heavy atom. The first-order valence-electron chi connectivity index (χ1n) is 6.91. The maximum Gasteiger partial charge on any atom is 0.223 e. The van der Waals surface area contributed by atoms with Crippen LogP contribution >= 0.6 is 0 Å². The lowest BCUT2D eigenvalue weighted by Crippen LogP contribution is -2.48. The molecule has 2 fully saturated rings. The fourth-order valence-electron chi connectivity index (χ4n) is 2.96. The molecule has 4 nitrogen and oxygen atoms in total. The molecule has 1 amide bonds. The maximum atomic E-state index is 12.1. The van der Waals surface area contributed by atoms with Crippen LogP contribution in [0.25, 0.3) is 0 Å². The molecule has 2 atom stereocenters. The van der Waals surface area contributed by atoms with Crippen molar-refractivity contribution < 1.29 is 9.90 Å². The van der Waals surface area contributed by atoms with Gasteiger partial charge < -0.3 is 16.2 Å². The Labute approximate surface area is 103 Å². The van der Waals surface area contributed by atoms with Crippen LogP contribution in [0.4, 0.5) is 0 Å². The lowest BCUT2D eigenvalue weighted by atomic mass is 9.85. The molecule has 2 saturated carbocycles. The quantitative estimate of drug-likeness (QED) is 0.672. The summed E-state index contributed by atoms with van der Waals surface area (Å²) in [6.07, 6.45) is 7.27. The molecule has 0 aliphatic heterocycles. The van der Waals surface area contributed by atoms with Crippen molar-refractivity contribution in [3.63, 3.8) is 0 Å². The zero-order chi connectivity index (χ0) is 12.3. The van der Waals surface area contributed by atoms with E-state index >= 15 is 0 Å². The summed E-state index contributed by atoms with van der Waals surface area (Å²) in [7, 11) is 0. The Balaban J connectivity index is 1.79. The van der Waals surface area contributed by atoms with E-state index < -0.39 is 0 Å². The number of aliphatic hydroxyl groups is 1. The van der Waals surface area contributed by atoms with Gasteiger partial charge in [-0.2, -0.15) is 0 Å². The fourth-order valence-corrected chi connectivity index (χ4v) is 2.96. The number of hydrogen-bond donors (Lipinski definition) is 3. The smallest absolute Gasteiger partial charge is 0.223 e. The summed E-state index contributed by atoms with van der Waals surface area (Å²) in [6, 6.07) is 0.256. The van der Waals surface area contributed by atoms with Crippen molar-refractivity contribution in [1.29, 1.82) is 0 Å². The topological polar surface area (TPSA) is 75.4 Å². The molecule has 4 heteroatoms. The number of rotatable bonds is 2. The molecule has 0 aromatic heterocycles. The summed E-state index contributed by atoms with van der Waals surface area (Å²) in [5.41, 5.74) is 5.83. The van der Waals surface area contributed by atoms with Gasteiger partial charge in [-0.25, -0.2) is 0 Å². The molecule has 0 saturated heterocycles. The van der Waals surface area contributed by atoms with Gasteiger partial charge >= 0.3 is 0 Å². The Bertz CT molecular complexity index is 262. The Kier molecular flexibility index (Phi) is 4.40. The van der Waals surface area contributed by atoms with E-state index in [1.165, 1.54) is 0 Å². The number of nitrogens with two attached hydrogens (primary N) is 1. The van der Waals surface area contributed by atoms with Gasteiger partial charge in [0.15, 0.2) is 0 Å². The molecule has 17 heavy (non-hydrogen) atoms. The third-order valence-corrected chi connectivity index (χ3v) is 4.20. The number of hydrogen-bond acceptors (Lipinski definition) is 3. The maximum absolute atomic E-state index is 12.1. The second kappa shape index (κ2) is 5.83. The minimum atomic E-state index is -0.349. The first kappa shape index (κ1) is 12.8. The monoisotopic (exact) mass is 240 g/mol. The van der Waals surface area contributed by atoms with Crippen LogP contribution in [-0.2, 0) is 4.79 Å². The highest BCUT2D eigenvalue weighted by molar-refractivity contribution is 5.79. The van der Waals surface area contributed by atoms with Gasteiger partial charge in [0, 0.05) is 12.0 Å². The van der Waals surface area contributed by atoms with Crippen molar-refractivity contribution in [3.8, 4) is 0 Å². The van der Waals surface area contributed by atoms with Crippen LogP contribution in [0.3, 0.4) is 0 Å². The van der Waals surface area contributed by atoms with E-state index in [9.17, 15) is 9.90 Å². The molecular weight excluding hydrogens is 216 g/mol. The van der Waals surface area contributed by atoms with Crippen LogP contribution in [-0.4, -0.2) is 29.2 Å². The van der Waals surface area contributed by atoms with Crippen LogP contribution < -0.4 is 11.1 Å². The molecule has 98 valence electrons. The van der Waals surface area contributed by atoms with Crippen molar-refractivity contribution >= 4 is 5.91 Å². The van der Waals surface area contributed by atoms with E-state index in [-0.39, 0.29) is 30.0 Å². The van der Waals surface area contributed by atoms with Crippen LogP contribution in [0.5, 0.6) is 0 Å². The van der Waals surface area contributed by atoms with E-state index in [1.807, 2.05) is 0 Å². The van der Waals surface area contributed by atoms with Gasteiger partial charge in [-0.1, -0.05) is 12.8 Å². The normalized spacial score (nSPS) is 38.7. The first-order chi connectivity index (χ1) is 8.16. The molecule has 0 spiro atoms. The van der Waals surface area contributed by atoms with Gasteiger partial charge in [-0.05, 0) is 38.5 Å². The van der Waals surface area contributed by atoms with E-state index in [0.717, 1.165) is 51.4 Å². The molecule has 0 aromatic rings. The molecule has 0 aromatic carbocycles. The van der Waals surface area contributed by atoms with Gasteiger partial charge in [-0.15, -0.1) is 0 Å². The molecular formula is C13H24N2O2. The number of carbonyl (C=O) groups is 1. The second-order valence-corrected chi connectivity index (χ2v) is 5.58. The van der Waals surface area contributed by atoms with Crippen LogP contribution in [0.15, 0.2) is 0 Å². The zero-order valence-corrected chi connectivity index (χ0v) is 10.4. The highest BCUT2D eigenvalue weighted by Gasteiger charge is 2.29. The van der Waals surface area contributed by atoms with E-state index in [0.29, 0.717) is 0 Å². The lowest BCUT2D eigenvalue weighted by molar-refractivity contribution is -0.128. The third-order valence-electron chi connectivity index (χ3n) is 4.20. The van der Waals surface area contributed by atoms with E-state index in [1.54, 1.807) is 0 Å². The predicted octanol–water partition coefficient (Wildman–Crippen LogP) is 0.924. The molecule has 0 bridgehead atoms. The second-order valence-electron chi connectivity index (χ2n) is 5.58. The van der Waals surface area contributed by atoms with Gasteiger partial charge in [0.05, 0.1) is 12.1 Å². The average molecular weight is 240 g/mol. The van der Waals surface area contributed by atoms with Crippen LogP contribution in [0, 0.1) is 5.92 Å². The van der Waals surface area contributed by atoms with Gasteiger partial charge in [0.25, 0.3) is 0 Å². The van der Waals surface area contributed by atoms with Crippen LogP contribution in [0.2, 0.25) is 0 Å². The van der Waals surface area contributed by atoms with Crippen molar-refractivity contribution in [2.24, 2.45) is 11.7 Å². The highest BCUT2D eigenvalue weighted by Crippen LogP contribution is 2.24.